The lowest BCUT2D eigenvalue weighted by Gasteiger charge is -2.44. The van der Waals surface area contributed by atoms with Gasteiger partial charge in [-0.3, -0.25) is 0 Å². The Morgan fingerprint density at radius 3 is 2.25 bits per heavy atom. The van der Waals surface area contributed by atoms with Crippen molar-refractivity contribution in [3.8, 4) is 0 Å². The number of nitrogens with one attached hydrogen (secondary N) is 1. The molecule has 2 rings (SSSR count). The van der Waals surface area contributed by atoms with Crippen LogP contribution in [-0.4, -0.2) is 45.0 Å². The van der Waals surface area contributed by atoms with E-state index in [0.717, 1.165) is 6.54 Å². The van der Waals surface area contributed by atoms with Gasteiger partial charge in [0.15, 0.2) is 14.1 Å². The Kier molecular flexibility index (Phi) is 4.15. The van der Waals surface area contributed by atoms with E-state index in [-0.39, 0.29) is 23.4 Å². The van der Waals surface area contributed by atoms with Gasteiger partial charge in [-0.15, -0.1) is 0 Å². The monoisotopic (exact) mass is 301 g/mol. The van der Waals surface area contributed by atoms with Crippen LogP contribution in [0.4, 0.5) is 0 Å². The predicted octanol–water partition coefficient (Wildman–Crippen LogP) is 2.89. The SMILES string of the molecule is C[C@H]1NC[C@H](O[Si](C)(C)C(C)(C)C)[C@H]2OC(C)(C)O[C@H]21. The number of fused-ring (bicyclic) bond motifs is 1. The van der Waals surface area contributed by atoms with Gasteiger partial charge in [0.05, 0.1) is 6.10 Å². The van der Waals surface area contributed by atoms with Crippen molar-refractivity contribution in [3.63, 3.8) is 0 Å². The van der Waals surface area contributed by atoms with Crippen molar-refractivity contribution < 1.29 is 13.9 Å². The lowest BCUT2D eigenvalue weighted by atomic mass is 9.98. The van der Waals surface area contributed by atoms with E-state index in [9.17, 15) is 0 Å². The van der Waals surface area contributed by atoms with Crippen LogP contribution in [0.3, 0.4) is 0 Å². The molecule has 4 atom stereocenters. The first-order valence-electron chi connectivity index (χ1n) is 7.70. The van der Waals surface area contributed by atoms with Crippen LogP contribution in [0, 0.1) is 0 Å². The van der Waals surface area contributed by atoms with E-state index in [1.54, 1.807) is 0 Å². The zero-order valence-electron chi connectivity index (χ0n) is 14.2. The second-order valence-electron chi connectivity index (χ2n) is 8.18. The van der Waals surface area contributed by atoms with Crippen LogP contribution < -0.4 is 5.32 Å². The average Bonchev–Trinajstić information content (AvgIpc) is 2.57. The van der Waals surface area contributed by atoms with Gasteiger partial charge < -0.3 is 19.2 Å². The Hall–Kier alpha value is 0.0569. The summed E-state index contributed by atoms with van der Waals surface area (Å²) in [5.41, 5.74) is 0. The highest BCUT2D eigenvalue weighted by atomic mass is 28.4. The Morgan fingerprint density at radius 1 is 1.15 bits per heavy atom. The molecule has 1 N–H and O–H groups in total. The van der Waals surface area contributed by atoms with Crippen LogP contribution in [0.2, 0.25) is 18.1 Å². The molecule has 2 heterocycles. The maximum atomic E-state index is 6.57. The number of ether oxygens (including phenoxy) is 2. The Labute approximate surface area is 124 Å². The van der Waals surface area contributed by atoms with Gasteiger partial charge in [-0.2, -0.15) is 0 Å². The minimum atomic E-state index is -1.80. The molecule has 5 heteroatoms. The molecule has 0 radical (unpaired) electrons. The lowest BCUT2D eigenvalue weighted by Crippen LogP contribution is -2.61. The van der Waals surface area contributed by atoms with Gasteiger partial charge in [0.25, 0.3) is 0 Å². The predicted molar refractivity (Wildman–Crippen MR) is 83.4 cm³/mol. The fourth-order valence-electron chi connectivity index (χ4n) is 2.69. The maximum absolute atomic E-state index is 6.57. The molecule has 118 valence electrons. The minimum absolute atomic E-state index is 0.0374. The van der Waals surface area contributed by atoms with Gasteiger partial charge in [0, 0.05) is 12.6 Å². The summed E-state index contributed by atoms with van der Waals surface area (Å²) >= 11 is 0. The Morgan fingerprint density at radius 2 is 1.70 bits per heavy atom. The molecule has 0 saturated carbocycles. The van der Waals surface area contributed by atoms with Crippen LogP contribution in [0.15, 0.2) is 0 Å². The molecule has 2 aliphatic rings. The normalized spacial score (nSPS) is 37.8. The van der Waals surface area contributed by atoms with Crippen molar-refractivity contribution in [2.75, 3.05) is 6.54 Å². The molecule has 0 aromatic heterocycles. The summed E-state index contributed by atoms with van der Waals surface area (Å²) in [6, 6.07) is 0.307. The second-order valence-corrected chi connectivity index (χ2v) is 12.9. The highest BCUT2D eigenvalue weighted by molar-refractivity contribution is 6.74. The lowest BCUT2D eigenvalue weighted by molar-refractivity contribution is -0.152. The molecular formula is C15H31NO3Si. The summed E-state index contributed by atoms with van der Waals surface area (Å²) in [4.78, 5) is 0. The third-order valence-corrected chi connectivity index (χ3v) is 9.42. The van der Waals surface area contributed by atoms with Crippen molar-refractivity contribution in [1.82, 2.24) is 5.32 Å². The third-order valence-electron chi connectivity index (χ3n) is 4.92. The second kappa shape index (κ2) is 5.06. The molecule has 0 aliphatic carbocycles. The van der Waals surface area contributed by atoms with Crippen LogP contribution >= 0.6 is 0 Å². The summed E-state index contributed by atoms with van der Waals surface area (Å²) in [7, 11) is -1.80. The van der Waals surface area contributed by atoms with Crippen LogP contribution in [-0.2, 0) is 13.9 Å². The van der Waals surface area contributed by atoms with E-state index in [1.807, 2.05) is 13.8 Å². The van der Waals surface area contributed by atoms with Crippen molar-refractivity contribution in [2.24, 2.45) is 0 Å². The number of piperidine rings is 1. The first-order chi connectivity index (χ1) is 8.93. The minimum Gasteiger partial charge on any atom is -0.410 e. The zero-order chi connectivity index (χ0) is 15.3. The highest BCUT2D eigenvalue weighted by Crippen LogP contribution is 2.40. The highest BCUT2D eigenvalue weighted by Gasteiger charge is 2.52. The molecule has 0 amide bonds. The largest absolute Gasteiger partial charge is 0.410 e. The summed E-state index contributed by atoms with van der Waals surface area (Å²) in [6.45, 7) is 18.4. The first-order valence-corrected chi connectivity index (χ1v) is 10.6. The van der Waals surface area contributed by atoms with Crippen molar-refractivity contribution in [3.05, 3.63) is 0 Å². The van der Waals surface area contributed by atoms with Crippen LogP contribution in [0.1, 0.15) is 41.5 Å². The van der Waals surface area contributed by atoms with Crippen molar-refractivity contribution in [2.45, 2.75) is 89.8 Å². The van der Waals surface area contributed by atoms with Gasteiger partial charge in [-0.1, -0.05) is 20.8 Å². The van der Waals surface area contributed by atoms with Crippen molar-refractivity contribution in [1.29, 1.82) is 0 Å². The van der Waals surface area contributed by atoms with E-state index in [4.69, 9.17) is 13.9 Å². The number of hydrogen-bond donors (Lipinski definition) is 1. The molecule has 2 fully saturated rings. The fraction of sp³-hybridized carbons (Fsp3) is 1.00. The van der Waals surface area contributed by atoms with E-state index < -0.39 is 14.1 Å². The van der Waals surface area contributed by atoms with Gasteiger partial charge in [-0.25, -0.2) is 0 Å². The molecular weight excluding hydrogens is 270 g/mol. The molecule has 0 bridgehead atoms. The topological polar surface area (TPSA) is 39.7 Å². The van der Waals surface area contributed by atoms with Crippen molar-refractivity contribution >= 4 is 8.32 Å². The standard InChI is InChI=1S/C15H31NO3Si/c1-10-12-13(18-15(5,6)17-12)11(9-16-10)19-20(7,8)14(2,3)4/h10-13,16H,9H2,1-8H3/t10-,11+,12+,13-/m1/s1. The average molecular weight is 302 g/mol. The molecule has 0 unspecified atom stereocenters. The third kappa shape index (κ3) is 3.12. The van der Waals surface area contributed by atoms with E-state index >= 15 is 0 Å². The first kappa shape index (κ1) is 16.4. The van der Waals surface area contributed by atoms with Crippen LogP contribution in [0.25, 0.3) is 0 Å². The maximum Gasteiger partial charge on any atom is 0.192 e. The Balaban J connectivity index is 2.13. The summed E-state index contributed by atoms with van der Waals surface area (Å²) < 4.78 is 18.7. The van der Waals surface area contributed by atoms with Crippen LogP contribution in [0.5, 0.6) is 0 Å². The summed E-state index contributed by atoms with van der Waals surface area (Å²) in [5.74, 6) is -0.509. The smallest absolute Gasteiger partial charge is 0.192 e. The van der Waals surface area contributed by atoms with E-state index in [1.165, 1.54) is 0 Å². The zero-order valence-corrected chi connectivity index (χ0v) is 15.2. The fourth-order valence-corrected chi connectivity index (χ4v) is 4.02. The van der Waals surface area contributed by atoms with Gasteiger partial charge in [0.1, 0.15) is 12.2 Å². The molecule has 20 heavy (non-hydrogen) atoms. The molecule has 2 saturated heterocycles. The summed E-state index contributed by atoms with van der Waals surface area (Å²) in [6.07, 6.45) is 0.197. The van der Waals surface area contributed by atoms with Gasteiger partial charge in [-0.05, 0) is 38.9 Å². The number of hydrogen-bond acceptors (Lipinski definition) is 4. The number of rotatable bonds is 2. The summed E-state index contributed by atoms with van der Waals surface area (Å²) in [5, 5.41) is 3.72. The molecule has 0 aromatic rings. The molecule has 2 aliphatic heterocycles. The van der Waals surface area contributed by atoms with E-state index in [0.29, 0.717) is 6.04 Å². The molecule has 0 aromatic carbocycles. The van der Waals surface area contributed by atoms with Gasteiger partial charge in [0.2, 0.25) is 0 Å². The molecule has 0 spiro atoms. The van der Waals surface area contributed by atoms with Gasteiger partial charge >= 0.3 is 0 Å². The quantitative estimate of drug-likeness (QED) is 0.796. The Bertz CT molecular complexity index is 365. The molecule has 4 nitrogen and oxygen atoms in total. The van der Waals surface area contributed by atoms with E-state index in [2.05, 4.69) is 46.1 Å².